The van der Waals surface area contributed by atoms with Crippen LogP contribution in [0.3, 0.4) is 0 Å². The second kappa shape index (κ2) is 4.97. The average molecular weight is 292 g/mol. The van der Waals surface area contributed by atoms with Crippen LogP contribution in [-0.2, 0) is 11.3 Å². The van der Waals surface area contributed by atoms with Gasteiger partial charge in [-0.05, 0) is 41.1 Å². The number of aromatic nitrogens is 4. The fourth-order valence-corrected chi connectivity index (χ4v) is 3.70. The number of carbonyl (C=O) groups is 1. The molecule has 1 saturated carbocycles. The van der Waals surface area contributed by atoms with Crippen molar-refractivity contribution in [3.8, 4) is 11.4 Å². The second-order valence-corrected chi connectivity index (χ2v) is 6.16. The first-order chi connectivity index (χ1) is 9.62. The first-order valence-corrected chi connectivity index (χ1v) is 7.59. The number of tetrazole rings is 1. The van der Waals surface area contributed by atoms with Gasteiger partial charge >= 0.3 is 5.97 Å². The normalized spacial score (nSPS) is 17.4. The van der Waals surface area contributed by atoms with Gasteiger partial charge in [-0.1, -0.05) is 12.8 Å². The van der Waals surface area contributed by atoms with Gasteiger partial charge in [-0.15, -0.1) is 5.10 Å². The lowest BCUT2D eigenvalue weighted by atomic mass is 9.86. The molecule has 0 radical (unpaired) electrons. The topological polar surface area (TPSA) is 80.9 Å². The molecule has 1 aliphatic carbocycles. The lowest BCUT2D eigenvalue weighted by Crippen LogP contribution is -2.33. The minimum absolute atomic E-state index is 0.347. The van der Waals surface area contributed by atoms with Crippen LogP contribution in [0, 0.1) is 12.3 Å². The molecule has 1 aliphatic rings. The molecule has 20 heavy (non-hydrogen) atoms. The van der Waals surface area contributed by atoms with Gasteiger partial charge in [0.1, 0.15) is 0 Å². The molecule has 2 aromatic heterocycles. The maximum absolute atomic E-state index is 11.6. The highest BCUT2D eigenvalue weighted by molar-refractivity contribution is 7.08. The SMILES string of the molecule is Cc1cscc1-c1nnnn1CC1(C(=O)O)CCCC1. The second-order valence-electron chi connectivity index (χ2n) is 5.42. The zero-order valence-corrected chi connectivity index (χ0v) is 12.1. The fraction of sp³-hybridized carbons (Fsp3) is 0.538. The molecule has 0 bridgehead atoms. The number of aliphatic carboxylic acids is 1. The smallest absolute Gasteiger partial charge is 0.311 e. The van der Waals surface area contributed by atoms with E-state index in [0.717, 1.165) is 24.0 Å². The molecule has 0 spiro atoms. The maximum atomic E-state index is 11.6. The highest BCUT2D eigenvalue weighted by atomic mass is 32.1. The highest BCUT2D eigenvalue weighted by Crippen LogP contribution is 2.40. The van der Waals surface area contributed by atoms with Gasteiger partial charge in [0.2, 0.25) is 0 Å². The Balaban J connectivity index is 1.94. The van der Waals surface area contributed by atoms with Crippen molar-refractivity contribution in [3.05, 3.63) is 16.3 Å². The predicted octanol–water partition coefficient (Wildman–Crippen LogP) is 2.36. The van der Waals surface area contributed by atoms with E-state index in [1.54, 1.807) is 16.0 Å². The van der Waals surface area contributed by atoms with Crippen LogP contribution in [-0.4, -0.2) is 31.3 Å². The van der Waals surface area contributed by atoms with E-state index in [1.165, 1.54) is 0 Å². The van der Waals surface area contributed by atoms with Crippen LogP contribution in [0.25, 0.3) is 11.4 Å². The third-order valence-corrected chi connectivity index (χ3v) is 4.96. The molecule has 0 atom stereocenters. The summed E-state index contributed by atoms with van der Waals surface area (Å²) in [6.07, 6.45) is 3.32. The van der Waals surface area contributed by atoms with E-state index in [9.17, 15) is 9.90 Å². The monoisotopic (exact) mass is 292 g/mol. The fourth-order valence-electron chi connectivity index (χ4n) is 2.87. The van der Waals surface area contributed by atoms with E-state index in [4.69, 9.17) is 0 Å². The first kappa shape index (κ1) is 13.2. The molecule has 2 aromatic rings. The summed E-state index contributed by atoms with van der Waals surface area (Å²) in [7, 11) is 0. The number of thiophene rings is 1. The third kappa shape index (κ3) is 2.11. The molecule has 1 fully saturated rings. The lowest BCUT2D eigenvalue weighted by molar-refractivity contribution is -0.149. The summed E-state index contributed by atoms with van der Waals surface area (Å²) in [6.45, 7) is 2.35. The largest absolute Gasteiger partial charge is 0.481 e. The minimum Gasteiger partial charge on any atom is -0.481 e. The van der Waals surface area contributed by atoms with E-state index in [2.05, 4.69) is 15.5 Å². The Kier molecular flexibility index (Phi) is 3.29. The molecular weight excluding hydrogens is 276 g/mol. The van der Waals surface area contributed by atoms with E-state index in [1.807, 2.05) is 17.7 Å². The van der Waals surface area contributed by atoms with Crippen molar-refractivity contribution in [1.82, 2.24) is 20.2 Å². The number of carboxylic acids is 1. The van der Waals surface area contributed by atoms with Crippen LogP contribution < -0.4 is 0 Å². The minimum atomic E-state index is -0.738. The summed E-state index contributed by atoms with van der Waals surface area (Å²) < 4.78 is 1.65. The van der Waals surface area contributed by atoms with Crippen LogP contribution in [0.4, 0.5) is 0 Å². The molecule has 0 aliphatic heterocycles. The number of aryl methyl sites for hydroxylation is 1. The molecule has 0 aromatic carbocycles. The molecule has 6 nitrogen and oxygen atoms in total. The predicted molar refractivity (Wildman–Crippen MR) is 74.4 cm³/mol. The van der Waals surface area contributed by atoms with Crippen molar-refractivity contribution in [3.63, 3.8) is 0 Å². The van der Waals surface area contributed by atoms with Gasteiger partial charge in [0.05, 0.1) is 12.0 Å². The first-order valence-electron chi connectivity index (χ1n) is 6.65. The molecule has 3 rings (SSSR count). The molecule has 0 unspecified atom stereocenters. The molecule has 1 N–H and O–H groups in total. The summed E-state index contributed by atoms with van der Waals surface area (Å²) >= 11 is 1.60. The Labute approximate surface area is 120 Å². The average Bonchev–Trinajstić information content (AvgIpc) is 3.11. The quantitative estimate of drug-likeness (QED) is 0.935. The number of hydrogen-bond donors (Lipinski definition) is 1. The van der Waals surface area contributed by atoms with Gasteiger partial charge in [0.25, 0.3) is 0 Å². The van der Waals surface area contributed by atoms with Crippen LogP contribution in [0.2, 0.25) is 0 Å². The maximum Gasteiger partial charge on any atom is 0.311 e. The number of carboxylic acid groups (broad SMARTS) is 1. The van der Waals surface area contributed by atoms with Crippen molar-refractivity contribution in [1.29, 1.82) is 0 Å². The van der Waals surface area contributed by atoms with Gasteiger partial charge in [0.15, 0.2) is 5.82 Å². The number of nitrogens with zero attached hydrogens (tertiary/aromatic N) is 4. The van der Waals surface area contributed by atoms with Gasteiger partial charge in [0, 0.05) is 10.9 Å². The van der Waals surface area contributed by atoms with Crippen LogP contribution in [0.1, 0.15) is 31.2 Å². The summed E-state index contributed by atoms with van der Waals surface area (Å²) in [5, 5.41) is 25.4. The lowest BCUT2D eigenvalue weighted by Gasteiger charge is -2.23. The van der Waals surface area contributed by atoms with Crippen LogP contribution >= 0.6 is 11.3 Å². The summed E-state index contributed by atoms with van der Waals surface area (Å²) in [6, 6.07) is 0. The number of rotatable bonds is 4. The van der Waals surface area contributed by atoms with Crippen molar-refractivity contribution in [2.45, 2.75) is 39.2 Å². The van der Waals surface area contributed by atoms with Gasteiger partial charge in [-0.3, -0.25) is 4.79 Å². The zero-order chi connectivity index (χ0) is 14.2. The Morgan fingerprint density at radius 1 is 1.45 bits per heavy atom. The molecule has 0 saturated heterocycles. The van der Waals surface area contributed by atoms with Gasteiger partial charge < -0.3 is 5.11 Å². The van der Waals surface area contributed by atoms with Crippen molar-refractivity contribution in [2.24, 2.45) is 5.41 Å². The molecule has 7 heteroatoms. The Morgan fingerprint density at radius 2 is 2.20 bits per heavy atom. The summed E-state index contributed by atoms with van der Waals surface area (Å²) in [5.41, 5.74) is 1.38. The van der Waals surface area contributed by atoms with E-state index in [-0.39, 0.29) is 0 Å². The summed E-state index contributed by atoms with van der Waals surface area (Å²) in [4.78, 5) is 11.6. The zero-order valence-electron chi connectivity index (χ0n) is 11.2. The third-order valence-electron chi connectivity index (χ3n) is 4.10. The molecule has 2 heterocycles. The number of hydrogen-bond acceptors (Lipinski definition) is 5. The van der Waals surface area contributed by atoms with Gasteiger partial charge in [-0.25, -0.2) is 4.68 Å². The Hall–Kier alpha value is -1.76. The van der Waals surface area contributed by atoms with E-state index < -0.39 is 11.4 Å². The molecule has 106 valence electrons. The standard InChI is InChI=1S/C13H16N4O2S/c1-9-6-20-7-10(9)11-14-15-16-17(11)8-13(12(18)19)4-2-3-5-13/h6-7H,2-5,8H2,1H3,(H,18,19). The van der Waals surface area contributed by atoms with Crippen molar-refractivity contribution >= 4 is 17.3 Å². The van der Waals surface area contributed by atoms with Gasteiger partial charge in [-0.2, -0.15) is 11.3 Å². The highest BCUT2D eigenvalue weighted by Gasteiger charge is 2.42. The van der Waals surface area contributed by atoms with Crippen LogP contribution in [0.5, 0.6) is 0 Å². The Bertz CT molecular complexity index is 628. The van der Waals surface area contributed by atoms with Crippen molar-refractivity contribution in [2.75, 3.05) is 0 Å². The molecule has 0 amide bonds. The van der Waals surface area contributed by atoms with E-state index >= 15 is 0 Å². The summed E-state index contributed by atoms with van der Waals surface area (Å²) in [5.74, 6) is -0.0743. The molecular formula is C13H16N4O2S. The van der Waals surface area contributed by atoms with Crippen LogP contribution in [0.15, 0.2) is 10.8 Å². The van der Waals surface area contributed by atoms with Crippen molar-refractivity contribution < 1.29 is 9.90 Å². The Morgan fingerprint density at radius 3 is 2.80 bits per heavy atom. The van der Waals surface area contributed by atoms with E-state index in [0.29, 0.717) is 25.2 Å².